The summed E-state index contributed by atoms with van der Waals surface area (Å²) >= 11 is 0. The van der Waals surface area contributed by atoms with E-state index in [0.29, 0.717) is 12.4 Å². The van der Waals surface area contributed by atoms with Crippen molar-refractivity contribution in [2.24, 2.45) is 0 Å². The number of likely N-dealkylation sites (N-methyl/N-ethyl adjacent to an activating group) is 1. The summed E-state index contributed by atoms with van der Waals surface area (Å²) in [7, 11) is 3.91. The Morgan fingerprint density at radius 1 is 1.13 bits per heavy atom. The largest absolute Gasteiger partial charge is 0.367 e. The minimum absolute atomic E-state index is 0.0768. The molecule has 1 amide bonds. The van der Waals surface area contributed by atoms with Crippen LogP contribution in [0.3, 0.4) is 0 Å². The third-order valence-electron chi connectivity index (χ3n) is 2.94. The van der Waals surface area contributed by atoms with Crippen LogP contribution in [0, 0.1) is 11.6 Å². The van der Waals surface area contributed by atoms with Gasteiger partial charge in [-0.1, -0.05) is 0 Å². The highest BCUT2D eigenvalue weighted by molar-refractivity contribution is 6.02. The van der Waals surface area contributed by atoms with Gasteiger partial charge in [0.25, 0.3) is 5.91 Å². The van der Waals surface area contributed by atoms with Crippen molar-refractivity contribution >= 4 is 17.4 Å². The minimum Gasteiger partial charge on any atom is -0.367 e. The van der Waals surface area contributed by atoms with Crippen LogP contribution in [0.5, 0.6) is 0 Å². The van der Waals surface area contributed by atoms with Gasteiger partial charge in [0.05, 0.1) is 0 Å². The van der Waals surface area contributed by atoms with Crippen molar-refractivity contribution in [1.82, 2.24) is 15.1 Å². The molecule has 1 heterocycles. The number of hydrogen-bond donors (Lipinski definition) is 2. The average molecular weight is 321 g/mol. The first-order valence-electron chi connectivity index (χ1n) is 6.94. The van der Waals surface area contributed by atoms with E-state index in [-0.39, 0.29) is 11.4 Å². The normalized spacial score (nSPS) is 10.7. The van der Waals surface area contributed by atoms with Gasteiger partial charge in [0, 0.05) is 24.8 Å². The van der Waals surface area contributed by atoms with Crippen LogP contribution in [0.1, 0.15) is 10.5 Å². The molecular formula is C15H17F2N5O. The first-order valence-corrected chi connectivity index (χ1v) is 6.94. The summed E-state index contributed by atoms with van der Waals surface area (Å²) in [6, 6.07) is 6.23. The molecule has 0 spiro atoms. The lowest BCUT2D eigenvalue weighted by Gasteiger charge is -2.10. The Kier molecular flexibility index (Phi) is 5.53. The molecule has 1 aromatic heterocycles. The molecule has 8 heteroatoms. The molecule has 1 aromatic carbocycles. The SMILES string of the molecule is CN(C)CCNc1ccc(C(=O)Nc2ccc(F)c(F)c2)nn1. The number of hydrogen-bond acceptors (Lipinski definition) is 5. The fourth-order valence-electron chi connectivity index (χ4n) is 1.72. The lowest BCUT2D eigenvalue weighted by Crippen LogP contribution is -2.21. The lowest BCUT2D eigenvalue weighted by molar-refractivity contribution is 0.102. The van der Waals surface area contributed by atoms with Gasteiger partial charge in [-0.2, -0.15) is 0 Å². The van der Waals surface area contributed by atoms with Gasteiger partial charge in [-0.05, 0) is 38.4 Å². The van der Waals surface area contributed by atoms with E-state index in [1.54, 1.807) is 6.07 Å². The molecule has 6 nitrogen and oxygen atoms in total. The zero-order valence-corrected chi connectivity index (χ0v) is 12.8. The molecule has 0 fully saturated rings. The molecule has 2 N–H and O–H groups in total. The summed E-state index contributed by atoms with van der Waals surface area (Å²) in [6.45, 7) is 1.53. The van der Waals surface area contributed by atoms with Gasteiger partial charge in [-0.15, -0.1) is 10.2 Å². The smallest absolute Gasteiger partial charge is 0.276 e. The fourth-order valence-corrected chi connectivity index (χ4v) is 1.72. The Balaban J connectivity index is 1.95. The van der Waals surface area contributed by atoms with Crippen LogP contribution in [0.15, 0.2) is 30.3 Å². The first kappa shape index (κ1) is 16.8. The van der Waals surface area contributed by atoms with E-state index in [1.807, 2.05) is 19.0 Å². The van der Waals surface area contributed by atoms with E-state index in [0.717, 1.165) is 18.7 Å². The fraction of sp³-hybridized carbons (Fsp3) is 0.267. The predicted molar refractivity (Wildman–Crippen MR) is 83.4 cm³/mol. The molecule has 0 unspecified atom stereocenters. The van der Waals surface area contributed by atoms with Crippen molar-refractivity contribution in [3.63, 3.8) is 0 Å². The van der Waals surface area contributed by atoms with Crippen molar-refractivity contribution in [3.8, 4) is 0 Å². The number of aromatic nitrogens is 2. The third kappa shape index (κ3) is 4.96. The van der Waals surface area contributed by atoms with Gasteiger partial charge in [-0.3, -0.25) is 4.79 Å². The molecule has 0 aliphatic heterocycles. The Bertz CT molecular complexity index is 676. The molecule has 0 bridgehead atoms. The molecule has 23 heavy (non-hydrogen) atoms. The second kappa shape index (κ2) is 7.59. The number of benzene rings is 1. The molecule has 0 atom stereocenters. The number of amides is 1. The molecule has 0 saturated heterocycles. The number of carbonyl (C=O) groups is 1. The van der Waals surface area contributed by atoms with E-state index < -0.39 is 17.5 Å². The third-order valence-corrected chi connectivity index (χ3v) is 2.94. The van der Waals surface area contributed by atoms with E-state index in [4.69, 9.17) is 0 Å². The zero-order valence-electron chi connectivity index (χ0n) is 12.8. The summed E-state index contributed by atoms with van der Waals surface area (Å²) in [4.78, 5) is 14.0. The van der Waals surface area contributed by atoms with Gasteiger partial charge < -0.3 is 15.5 Å². The van der Waals surface area contributed by atoms with Crippen LogP contribution < -0.4 is 10.6 Å². The topological polar surface area (TPSA) is 70.2 Å². The predicted octanol–water partition coefficient (Wildman–Crippen LogP) is 1.98. The first-order chi connectivity index (χ1) is 11.0. The minimum atomic E-state index is -1.03. The van der Waals surface area contributed by atoms with Crippen LogP contribution in [-0.2, 0) is 0 Å². The maximum absolute atomic E-state index is 13.1. The number of nitrogens with zero attached hydrogens (tertiary/aromatic N) is 3. The average Bonchev–Trinajstić information content (AvgIpc) is 2.51. The highest BCUT2D eigenvalue weighted by atomic mass is 19.2. The highest BCUT2D eigenvalue weighted by Gasteiger charge is 2.10. The van der Waals surface area contributed by atoms with Gasteiger partial charge in [0.15, 0.2) is 17.3 Å². The standard InChI is InChI=1S/C15H17F2N5O/c1-22(2)8-7-18-14-6-5-13(20-21-14)15(23)19-10-3-4-11(16)12(17)9-10/h3-6,9H,7-8H2,1-2H3,(H,18,21)(H,19,23). The molecule has 0 saturated carbocycles. The lowest BCUT2D eigenvalue weighted by atomic mass is 10.3. The molecular weight excluding hydrogens is 304 g/mol. The van der Waals surface area contributed by atoms with E-state index in [9.17, 15) is 13.6 Å². The number of nitrogens with one attached hydrogen (secondary N) is 2. The molecule has 0 aliphatic rings. The Labute approximate surface area is 132 Å². The zero-order chi connectivity index (χ0) is 16.8. The number of carbonyl (C=O) groups excluding carboxylic acids is 1. The summed E-state index contributed by atoms with van der Waals surface area (Å²) in [5, 5.41) is 13.2. The van der Waals surface area contributed by atoms with E-state index >= 15 is 0 Å². The maximum atomic E-state index is 13.1. The number of rotatable bonds is 6. The molecule has 0 aliphatic carbocycles. The van der Waals surface area contributed by atoms with Crippen LogP contribution >= 0.6 is 0 Å². The second-order valence-electron chi connectivity index (χ2n) is 5.12. The molecule has 2 rings (SSSR count). The van der Waals surface area contributed by atoms with Crippen molar-refractivity contribution in [2.75, 3.05) is 37.8 Å². The second-order valence-corrected chi connectivity index (χ2v) is 5.12. The maximum Gasteiger partial charge on any atom is 0.276 e. The number of anilines is 2. The highest BCUT2D eigenvalue weighted by Crippen LogP contribution is 2.14. The van der Waals surface area contributed by atoms with Crippen LogP contribution in [-0.4, -0.2) is 48.2 Å². The summed E-state index contributed by atoms with van der Waals surface area (Å²) < 4.78 is 25.9. The summed E-state index contributed by atoms with van der Waals surface area (Å²) in [5.41, 5.74) is 0.219. The van der Waals surface area contributed by atoms with E-state index in [2.05, 4.69) is 20.8 Å². The Morgan fingerprint density at radius 3 is 2.52 bits per heavy atom. The number of halogens is 2. The monoisotopic (exact) mass is 321 g/mol. The van der Waals surface area contributed by atoms with E-state index in [1.165, 1.54) is 12.1 Å². The van der Waals surface area contributed by atoms with Gasteiger partial charge in [0.1, 0.15) is 5.82 Å². The van der Waals surface area contributed by atoms with Crippen LogP contribution in [0.2, 0.25) is 0 Å². The van der Waals surface area contributed by atoms with Gasteiger partial charge >= 0.3 is 0 Å². The van der Waals surface area contributed by atoms with Crippen molar-refractivity contribution < 1.29 is 13.6 Å². The summed E-state index contributed by atoms with van der Waals surface area (Å²) in [6.07, 6.45) is 0. The van der Waals surface area contributed by atoms with Gasteiger partial charge in [-0.25, -0.2) is 8.78 Å². The van der Waals surface area contributed by atoms with Crippen LogP contribution in [0.25, 0.3) is 0 Å². The quantitative estimate of drug-likeness (QED) is 0.851. The van der Waals surface area contributed by atoms with Crippen molar-refractivity contribution in [2.45, 2.75) is 0 Å². The van der Waals surface area contributed by atoms with Gasteiger partial charge in [0.2, 0.25) is 0 Å². The molecule has 0 radical (unpaired) electrons. The van der Waals surface area contributed by atoms with Crippen molar-refractivity contribution in [3.05, 3.63) is 47.7 Å². The Hall–Kier alpha value is -2.61. The molecule has 2 aromatic rings. The summed E-state index contributed by atoms with van der Waals surface area (Å²) in [5.74, 6) is -2.01. The van der Waals surface area contributed by atoms with Crippen molar-refractivity contribution in [1.29, 1.82) is 0 Å². The molecule has 122 valence electrons. The Morgan fingerprint density at radius 2 is 1.91 bits per heavy atom. The van der Waals surface area contributed by atoms with Crippen LogP contribution in [0.4, 0.5) is 20.3 Å².